The summed E-state index contributed by atoms with van der Waals surface area (Å²) in [6, 6.07) is 0. The highest BCUT2D eigenvalue weighted by Crippen LogP contribution is 2.36. The first kappa shape index (κ1) is 30.2. The van der Waals surface area contributed by atoms with E-state index in [4.69, 9.17) is 14.2 Å². The molecule has 0 spiro atoms. The molecule has 2 heterocycles. The quantitative estimate of drug-likeness (QED) is 0.140. The zero-order chi connectivity index (χ0) is 25.1. The second kappa shape index (κ2) is 15.3. The topological polar surface area (TPSA) is 169 Å². The Kier molecular flexibility index (Phi) is 13.5. The van der Waals surface area contributed by atoms with Crippen LogP contribution in [0.25, 0.3) is 0 Å². The number of hydrogen-bond donors (Lipinski definition) is 7. The van der Waals surface area contributed by atoms with E-state index in [1.54, 1.807) is 0 Å². The van der Waals surface area contributed by atoms with Gasteiger partial charge in [-0.1, -0.05) is 45.4 Å². The third kappa shape index (κ3) is 7.97. The first-order chi connectivity index (χ1) is 16.3. The largest absolute Gasteiger partial charge is 0.396 e. The van der Waals surface area contributed by atoms with Crippen LogP contribution in [0, 0.1) is 5.41 Å². The van der Waals surface area contributed by atoms with E-state index in [1.807, 2.05) is 0 Å². The van der Waals surface area contributed by atoms with Gasteiger partial charge in [-0.2, -0.15) is 0 Å². The van der Waals surface area contributed by atoms with E-state index in [2.05, 4.69) is 6.92 Å². The van der Waals surface area contributed by atoms with Crippen molar-refractivity contribution in [2.24, 2.45) is 5.41 Å². The van der Waals surface area contributed by atoms with Gasteiger partial charge in [0.1, 0.15) is 42.1 Å². The van der Waals surface area contributed by atoms with Crippen molar-refractivity contribution in [3.05, 3.63) is 0 Å². The minimum atomic E-state index is -1.51. The molecule has 34 heavy (non-hydrogen) atoms. The van der Waals surface area contributed by atoms with Crippen molar-refractivity contribution in [1.82, 2.24) is 0 Å². The fourth-order valence-corrected chi connectivity index (χ4v) is 5.47. The lowest BCUT2D eigenvalue weighted by Crippen LogP contribution is -2.61. The molecule has 9 atom stereocenters. The van der Waals surface area contributed by atoms with Gasteiger partial charge in [0.25, 0.3) is 0 Å². The van der Waals surface area contributed by atoms with Gasteiger partial charge in [-0.15, -0.1) is 11.8 Å². The van der Waals surface area contributed by atoms with Crippen molar-refractivity contribution < 1.29 is 50.0 Å². The molecule has 0 saturated carbocycles. The molecule has 0 aromatic carbocycles. The number of thioether (sulfide) groups is 1. The Balaban J connectivity index is 1.77. The van der Waals surface area contributed by atoms with Crippen molar-refractivity contribution >= 4 is 11.8 Å². The SMILES string of the molecule is CCCCCCCCCS[C@@H]1OC[C@@](CO)(COC[C@H]2OC(CO)[C@@H](O)C(O)[C@@H]2O)C(O)[C@@H]1O. The van der Waals surface area contributed by atoms with Gasteiger partial charge in [0.2, 0.25) is 0 Å². The summed E-state index contributed by atoms with van der Waals surface area (Å²) in [5.74, 6) is 0.807. The van der Waals surface area contributed by atoms with Gasteiger partial charge < -0.3 is 50.0 Å². The summed E-state index contributed by atoms with van der Waals surface area (Å²) >= 11 is 1.46. The summed E-state index contributed by atoms with van der Waals surface area (Å²) in [7, 11) is 0. The lowest BCUT2D eigenvalue weighted by Gasteiger charge is -2.45. The third-order valence-electron chi connectivity index (χ3n) is 6.77. The lowest BCUT2D eigenvalue weighted by molar-refractivity contribution is -0.247. The zero-order valence-electron chi connectivity index (χ0n) is 20.1. The molecule has 0 aromatic heterocycles. The maximum absolute atomic E-state index is 10.8. The van der Waals surface area contributed by atoms with Crippen LogP contribution in [0.2, 0.25) is 0 Å². The molecule has 7 N–H and O–H groups in total. The minimum Gasteiger partial charge on any atom is -0.396 e. The van der Waals surface area contributed by atoms with Crippen molar-refractivity contribution in [3.8, 4) is 0 Å². The smallest absolute Gasteiger partial charge is 0.131 e. The number of hydrogen-bond acceptors (Lipinski definition) is 11. The van der Waals surface area contributed by atoms with Crippen molar-refractivity contribution in [2.75, 3.05) is 38.8 Å². The molecule has 202 valence electrons. The van der Waals surface area contributed by atoms with Crippen LogP contribution in [0.5, 0.6) is 0 Å². The fourth-order valence-electron chi connectivity index (χ4n) is 4.35. The number of aliphatic hydroxyl groups excluding tert-OH is 7. The molecule has 0 bridgehead atoms. The van der Waals surface area contributed by atoms with Gasteiger partial charge in [-0.25, -0.2) is 0 Å². The molecule has 3 unspecified atom stereocenters. The summed E-state index contributed by atoms with van der Waals surface area (Å²) in [5.41, 5.74) is -1.86. The van der Waals surface area contributed by atoms with E-state index >= 15 is 0 Å². The molecule has 10 nitrogen and oxygen atoms in total. The normalized spacial score (nSPS) is 38.8. The zero-order valence-corrected chi connectivity index (χ0v) is 20.9. The van der Waals surface area contributed by atoms with E-state index in [1.165, 1.54) is 43.9 Å². The van der Waals surface area contributed by atoms with Crippen LogP contribution in [-0.2, 0) is 14.2 Å². The number of rotatable bonds is 15. The molecule has 2 fully saturated rings. The summed E-state index contributed by atoms with van der Waals surface area (Å²) < 4.78 is 16.8. The highest BCUT2D eigenvalue weighted by molar-refractivity contribution is 7.99. The number of unbranched alkanes of at least 4 members (excludes halogenated alkanes) is 6. The predicted molar refractivity (Wildman–Crippen MR) is 126 cm³/mol. The Morgan fingerprint density at radius 2 is 1.50 bits per heavy atom. The Bertz CT molecular complexity index is 556. The summed E-state index contributed by atoms with van der Waals surface area (Å²) in [4.78, 5) is 0. The third-order valence-corrected chi connectivity index (χ3v) is 8.04. The average Bonchev–Trinajstić information content (AvgIpc) is 2.84. The standard InChI is InChI=1S/C23H44O10S/c1-2-3-4-5-6-7-8-9-34-22-20(29)21(30)23(12-25,14-32-22)13-31-11-16-18(27)19(28)17(26)15(10-24)33-16/h15-22,24-30H,2-14H2,1H3/t15?,16-,17-,18-,19?,20+,21?,22+,23-/m1/s1. The van der Waals surface area contributed by atoms with Crippen molar-refractivity contribution in [3.63, 3.8) is 0 Å². The van der Waals surface area contributed by atoms with E-state index in [0.717, 1.165) is 18.6 Å². The second-order valence-electron chi connectivity index (χ2n) is 9.51. The van der Waals surface area contributed by atoms with Gasteiger partial charge in [0, 0.05) is 0 Å². The van der Waals surface area contributed by atoms with Crippen LogP contribution < -0.4 is 0 Å². The van der Waals surface area contributed by atoms with Crippen LogP contribution in [0.15, 0.2) is 0 Å². The molecule has 2 saturated heterocycles. The Morgan fingerprint density at radius 1 is 0.853 bits per heavy atom. The highest BCUT2D eigenvalue weighted by Gasteiger charge is 2.50. The van der Waals surface area contributed by atoms with Crippen LogP contribution in [0.3, 0.4) is 0 Å². The van der Waals surface area contributed by atoms with Gasteiger partial charge in [-0.3, -0.25) is 0 Å². The average molecular weight is 513 g/mol. The Morgan fingerprint density at radius 3 is 2.15 bits per heavy atom. The molecule has 11 heteroatoms. The number of ether oxygens (including phenoxy) is 3. The maximum Gasteiger partial charge on any atom is 0.131 e. The van der Waals surface area contributed by atoms with Gasteiger partial charge >= 0.3 is 0 Å². The first-order valence-corrected chi connectivity index (χ1v) is 13.4. The van der Waals surface area contributed by atoms with E-state index in [0.29, 0.717) is 0 Å². The highest BCUT2D eigenvalue weighted by atomic mass is 32.2. The Labute approximate surface area is 206 Å². The molecule has 0 amide bonds. The van der Waals surface area contributed by atoms with Crippen LogP contribution in [0.4, 0.5) is 0 Å². The summed E-state index contributed by atoms with van der Waals surface area (Å²) in [6.07, 6.45) is -0.641. The molecule has 0 aromatic rings. The molecule has 0 radical (unpaired) electrons. The van der Waals surface area contributed by atoms with Crippen LogP contribution in [-0.4, -0.2) is 123 Å². The lowest BCUT2D eigenvalue weighted by atomic mass is 9.80. The maximum atomic E-state index is 10.8. The predicted octanol–water partition coefficient (Wildman–Crippen LogP) is -0.614. The molecular formula is C23H44O10S. The molecular weight excluding hydrogens is 468 g/mol. The number of aliphatic hydroxyl groups is 7. The van der Waals surface area contributed by atoms with Crippen LogP contribution in [0.1, 0.15) is 51.9 Å². The Hall–Kier alpha value is -0.0500. The summed E-state index contributed by atoms with van der Waals surface area (Å²) in [6.45, 7) is 0.728. The van der Waals surface area contributed by atoms with Gasteiger partial charge in [-0.05, 0) is 12.2 Å². The second-order valence-corrected chi connectivity index (χ2v) is 10.7. The van der Waals surface area contributed by atoms with Gasteiger partial charge in [0.15, 0.2) is 0 Å². The fraction of sp³-hybridized carbons (Fsp3) is 1.00. The van der Waals surface area contributed by atoms with E-state index in [9.17, 15) is 35.7 Å². The molecule has 2 aliphatic heterocycles. The van der Waals surface area contributed by atoms with E-state index in [-0.39, 0.29) is 19.8 Å². The monoisotopic (exact) mass is 512 g/mol. The minimum absolute atomic E-state index is 0.0227. The molecule has 0 aliphatic carbocycles. The van der Waals surface area contributed by atoms with Gasteiger partial charge in [0.05, 0.1) is 44.6 Å². The van der Waals surface area contributed by atoms with Crippen molar-refractivity contribution in [1.29, 1.82) is 0 Å². The molecule has 2 rings (SSSR count). The van der Waals surface area contributed by atoms with E-state index < -0.39 is 66.8 Å². The van der Waals surface area contributed by atoms with Crippen molar-refractivity contribution in [2.45, 2.75) is 100 Å². The van der Waals surface area contributed by atoms with Crippen LogP contribution >= 0.6 is 11.8 Å². The first-order valence-electron chi connectivity index (χ1n) is 12.4. The molecule has 2 aliphatic rings. The summed E-state index contributed by atoms with van der Waals surface area (Å²) in [5, 5.41) is 70.5.